The van der Waals surface area contributed by atoms with Crippen molar-refractivity contribution in [3.05, 3.63) is 33.8 Å². The van der Waals surface area contributed by atoms with Crippen molar-refractivity contribution >= 4 is 15.9 Å². The van der Waals surface area contributed by atoms with Crippen molar-refractivity contribution in [2.24, 2.45) is 0 Å². The average molecular weight is 237 g/mol. The fraction of sp³-hybridized carbons (Fsp3) is 0.250. The van der Waals surface area contributed by atoms with Gasteiger partial charge in [-0.3, -0.25) is 0 Å². The first-order valence-corrected chi connectivity index (χ1v) is 4.07. The minimum Gasteiger partial charge on any atom is -0.332 e. The molecule has 4 heteroatoms. The first kappa shape index (κ1) is 9.61. The molecule has 66 valence electrons. The van der Waals surface area contributed by atoms with Crippen molar-refractivity contribution in [1.29, 1.82) is 0 Å². The SMILES string of the molecule is Cc1cc(C(O)(F)F)ccc1Br. The van der Waals surface area contributed by atoms with E-state index >= 15 is 0 Å². The Labute approximate surface area is 77.2 Å². The molecule has 0 aliphatic rings. The standard InChI is InChI=1S/C8H7BrF2O/c1-5-4-6(8(10,11)12)2-3-7(5)9/h2-4,12H,1H3. The molecular formula is C8H7BrF2O. The molecule has 1 aromatic carbocycles. The van der Waals surface area contributed by atoms with Crippen LogP contribution in [-0.2, 0) is 6.11 Å². The van der Waals surface area contributed by atoms with Crippen molar-refractivity contribution in [2.75, 3.05) is 0 Å². The molecule has 0 saturated heterocycles. The van der Waals surface area contributed by atoms with Crippen molar-refractivity contribution < 1.29 is 13.9 Å². The number of aliphatic hydroxyl groups is 1. The molecule has 0 unspecified atom stereocenters. The Morgan fingerprint density at radius 3 is 2.42 bits per heavy atom. The van der Waals surface area contributed by atoms with Gasteiger partial charge in [0.05, 0.1) is 5.56 Å². The zero-order valence-electron chi connectivity index (χ0n) is 6.31. The second kappa shape index (κ2) is 3.11. The molecule has 0 radical (unpaired) electrons. The number of alkyl halides is 2. The summed E-state index contributed by atoms with van der Waals surface area (Å²) in [5.74, 6) is 0. The van der Waals surface area contributed by atoms with E-state index in [-0.39, 0.29) is 5.56 Å². The van der Waals surface area contributed by atoms with Crippen molar-refractivity contribution in [3.63, 3.8) is 0 Å². The molecule has 0 aliphatic carbocycles. The topological polar surface area (TPSA) is 20.2 Å². The summed E-state index contributed by atoms with van der Waals surface area (Å²) in [6.07, 6.45) is -3.74. The van der Waals surface area contributed by atoms with Crippen LogP contribution in [-0.4, -0.2) is 5.11 Å². The summed E-state index contributed by atoms with van der Waals surface area (Å²) in [4.78, 5) is 0. The minimum absolute atomic E-state index is 0.386. The predicted octanol–water partition coefficient (Wildman–Crippen LogP) is 2.80. The molecule has 0 atom stereocenters. The van der Waals surface area contributed by atoms with E-state index in [0.717, 1.165) is 4.47 Å². The summed E-state index contributed by atoms with van der Waals surface area (Å²) in [6.45, 7) is 1.68. The highest BCUT2D eigenvalue weighted by Gasteiger charge is 2.27. The van der Waals surface area contributed by atoms with Crippen molar-refractivity contribution in [1.82, 2.24) is 0 Å². The number of aryl methyl sites for hydroxylation is 1. The van der Waals surface area contributed by atoms with Crippen molar-refractivity contribution in [3.8, 4) is 0 Å². The third kappa shape index (κ3) is 2.01. The lowest BCUT2D eigenvalue weighted by atomic mass is 10.1. The van der Waals surface area contributed by atoms with Gasteiger partial charge in [0.2, 0.25) is 0 Å². The van der Waals surface area contributed by atoms with E-state index < -0.39 is 6.11 Å². The van der Waals surface area contributed by atoms with Crippen LogP contribution in [0.1, 0.15) is 11.1 Å². The predicted molar refractivity (Wildman–Crippen MR) is 45.0 cm³/mol. The van der Waals surface area contributed by atoms with Crippen LogP contribution < -0.4 is 0 Å². The Hall–Kier alpha value is -0.480. The zero-order chi connectivity index (χ0) is 9.35. The lowest BCUT2D eigenvalue weighted by Crippen LogP contribution is -2.11. The molecule has 1 nitrogen and oxygen atoms in total. The Balaban J connectivity index is 3.14. The molecule has 0 amide bonds. The molecule has 0 spiro atoms. The molecule has 12 heavy (non-hydrogen) atoms. The molecule has 0 aliphatic heterocycles. The smallest absolute Gasteiger partial charge is 0.332 e. The molecule has 0 saturated carbocycles. The molecule has 1 rings (SSSR count). The van der Waals surface area contributed by atoms with Crippen LogP contribution in [0.4, 0.5) is 8.78 Å². The van der Waals surface area contributed by atoms with Crippen molar-refractivity contribution in [2.45, 2.75) is 13.0 Å². The van der Waals surface area contributed by atoms with Gasteiger partial charge in [0.1, 0.15) is 0 Å². The summed E-state index contributed by atoms with van der Waals surface area (Å²) >= 11 is 3.17. The van der Waals surface area contributed by atoms with E-state index in [2.05, 4.69) is 15.9 Å². The quantitative estimate of drug-likeness (QED) is 0.796. The van der Waals surface area contributed by atoms with Crippen LogP contribution >= 0.6 is 15.9 Å². The Morgan fingerprint density at radius 1 is 1.42 bits per heavy atom. The maximum absolute atomic E-state index is 12.3. The fourth-order valence-corrected chi connectivity index (χ4v) is 1.08. The van der Waals surface area contributed by atoms with E-state index in [1.54, 1.807) is 6.92 Å². The van der Waals surface area contributed by atoms with E-state index in [1.807, 2.05) is 0 Å². The fourth-order valence-electron chi connectivity index (χ4n) is 0.832. The first-order chi connectivity index (χ1) is 5.41. The van der Waals surface area contributed by atoms with Gasteiger partial charge in [-0.15, -0.1) is 0 Å². The van der Waals surface area contributed by atoms with Gasteiger partial charge in [0.25, 0.3) is 0 Å². The monoisotopic (exact) mass is 236 g/mol. The molecule has 1 N–H and O–H groups in total. The maximum Gasteiger partial charge on any atom is 0.380 e. The summed E-state index contributed by atoms with van der Waals surface area (Å²) < 4.78 is 25.4. The van der Waals surface area contributed by atoms with E-state index in [4.69, 9.17) is 5.11 Å². The highest BCUT2D eigenvalue weighted by atomic mass is 79.9. The number of hydrogen-bond acceptors (Lipinski definition) is 1. The van der Waals surface area contributed by atoms with Crippen LogP contribution in [0.25, 0.3) is 0 Å². The number of benzene rings is 1. The second-order valence-corrected chi connectivity index (χ2v) is 3.36. The van der Waals surface area contributed by atoms with Gasteiger partial charge in [-0.25, -0.2) is 0 Å². The second-order valence-electron chi connectivity index (χ2n) is 2.51. The van der Waals surface area contributed by atoms with Crippen LogP contribution in [0, 0.1) is 6.92 Å². The Morgan fingerprint density at radius 2 is 2.00 bits per heavy atom. The average Bonchev–Trinajstić information content (AvgIpc) is 1.92. The summed E-state index contributed by atoms with van der Waals surface area (Å²) in [5.41, 5.74) is 0.282. The van der Waals surface area contributed by atoms with Crippen LogP contribution in [0.5, 0.6) is 0 Å². The highest BCUT2D eigenvalue weighted by molar-refractivity contribution is 9.10. The third-order valence-corrected chi connectivity index (χ3v) is 2.40. The molecule has 0 fully saturated rings. The molecule has 1 aromatic rings. The van der Waals surface area contributed by atoms with E-state index in [1.165, 1.54) is 18.2 Å². The van der Waals surface area contributed by atoms with Crippen LogP contribution in [0.3, 0.4) is 0 Å². The third-order valence-electron chi connectivity index (χ3n) is 1.51. The molecular weight excluding hydrogens is 230 g/mol. The van der Waals surface area contributed by atoms with Gasteiger partial charge in [-0.1, -0.05) is 15.9 Å². The maximum atomic E-state index is 12.3. The molecule has 0 aromatic heterocycles. The molecule has 0 heterocycles. The lowest BCUT2D eigenvalue weighted by Gasteiger charge is -2.09. The first-order valence-electron chi connectivity index (χ1n) is 3.28. The zero-order valence-corrected chi connectivity index (χ0v) is 7.90. The number of halogens is 3. The summed E-state index contributed by atoms with van der Waals surface area (Å²) in [6, 6.07) is 3.90. The largest absolute Gasteiger partial charge is 0.380 e. The van der Waals surface area contributed by atoms with Gasteiger partial charge < -0.3 is 5.11 Å². The van der Waals surface area contributed by atoms with Gasteiger partial charge in [0, 0.05) is 4.47 Å². The minimum atomic E-state index is -3.74. The summed E-state index contributed by atoms with van der Waals surface area (Å²) in [7, 11) is 0. The highest BCUT2D eigenvalue weighted by Crippen LogP contribution is 2.27. The van der Waals surface area contributed by atoms with Gasteiger partial charge in [-0.05, 0) is 30.7 Å². The lowest BCUT2D eigenvalue weighted by molar-refractivity contribution is -0.208. The van der Waals surface area contributed by atoms with Gasteiger partial charge >= 0.3 is 6.11 Å². The van der Waals surface area contributed by atoms with Crippen LogP contribution in [0.2, 0.25) is 0 Å². The van der Waals surface area contributed by atoms with Gasteiger partial charge in [0.15, 0.2) is 0 Å². The van der Waals surface area contributed by atoms with Gasteiger partial charge in [-0.2, -0.15) is 8.78 Å². The number of rotatable bonds is 1. The Kier molecular flexibility index (Phi) is 2.49. The Bertz CT molecular complexity index is 294. The number of hydrogen-bond donors (Lipinski definition) is 1. The molecule has 0 bridgehead atoms. The van der Waals surface area contributed by atoms with E-state index in [0.29, 0.717) is 5.56 Å². The summed E-state index contributed by atoms with van der Waals surface area (Å²) in [5, 5.41) is 8.36. The van der Waals surface area contributed by atoms with E-state index in [9.17, 15) is 8.78 Å². The van der Waals surface area contributed by atoms with Crippen LogP contribution in [0.15, 0.2) is 22.7 Å². The normalized spacial score (nSPS) is 11.8.